The van der Waals surface area contributed by atoms with E-state index in [1.165, 1.54) is 40.1 Å². The monoisotopic (exact) mass is 512 g/mol. The Morgan fingerprint density at radius 3 is 2.72 bits per heavy atom. The fourth-order valence-electron chi connectivity index (χ4n) is 4.39. The summed E-state index contributed by atoms with van der Waals surface area (Å²) in [6.07, 6.45) is 1.53. The lowest BCUT2D eigenvalue weighted by Crippen LogP contribution is -2.48. The molecule has 2 aromatic carbocycles. The van der Waals surface area contributed by atoms with Crippen molar-refractivity contribution >= 4 is 23.2 Å². The number of carbonyl (C=O) groups excluding carboxylic acids is 2. The van der Waals surface area contributed by atoms with Crippen LogP contribution in [-0.2, 0) is 11.2 Å². The first-order valence-electron chi connectivity index (χ1n) is 12.1. The molecule has 190 valence electrons. The Morgan fingerprint density at radius 2 is 1.97 bits per heavy atom. The number of nitrogens with zero attached hydrogens (tertiary/aromatic N) is 2. The van der Waals surface area contributed by atoms with Gasteiger partial charge in [-0.15, -0.1) is 11.3 Å². The summed E-state index contributed by atoms with van der Waals surface area (Å²) >= 11 is 1.64. The SMILES string of the molecule is CCC(C)CN(CC(=O)N1CCc2sccc2C1COc1cccc(F)c1)C(=O)c1ccccc1F. The van der Waals surface area contributed by atoms with Crippen molar-refractivity contribution in [2.24, 2.45) is 5.92 Å². The van der Waals surface area contributed by atoms with Crippen molar-refractivity contribution in [3.8, 4) is 5.75 Å². The Balaban J connectivity index is 1.55. The summed E-state index contributed by atoms with van der Waals surface area (Å²) in [5.41, 5.74) is 0.961. The largest absolute Gasteiger partial charge is 0.491 e. The molecule has 1 aliphatic heterocycles. The van der Waals surface area contributed by atoms with E-state index in [0.29, 0.717) is 25.3 Å². The molecule has 2 atom stereocenters. The van der Waals surface area contributed by atoms with Gasteiger partial charge in [0, 0.05) is 24.0 Å². The third-order valence-electron chi connectivity index (χ3n) is 6.57. The highest BCUT2D eigenvalue weighted by Gasteiger charge is 2.34. The summed E-state index contributed by atoms with van der Waals surface area (Å²) in [6, 6.07) is 13.4. The van der Waals surface area contributed by atoms with Crippen molar-refractivity contribution in [1.29, 1.82) is 0 Å². The number of halogens is 2. The maximum Gasteiger partial charge on any atom is 0.257 e. The van der Waals surface area contributed by atoms with Crippen molar-refractivity contribution in [3.63, 3.8) is 0 Å². The first kappa shape index (κ1) is 25.8. The number of fused-ring (bicyclic) bond motifs is 1. The Labute approximate surface area is 214 Å². The number of benzene rings is 2. The van der Waals surface area contributed by atoms with Gasteiger partial charge < -0.3 is 14.5 Å². The molecule has 3 aromatic rings. The zero-order chi connectivity index (χ0) is 25.7. The molecule has 1 aliphatic rings. The van der Waals surface area contributed by atoms with Crippen LogP contribution in [0.2, 0.25) is 0 Å². The summed E-state index contributed by atoms with van der Waals surface area (Å²) < 4.78 is 33.9. The lowest BCUT2D eigenvalue weighted by Gasteiger charge is -2.37. The normalized spacial score (nSPS) is 15.8. The van der Waals surface area contributed by atoms with E-state index in [0.717, 1.165) is 12.0 Å². The lowest BCUT2D eigenvalue weighted by atomic mass is 10.00. The molecular formula is C28H30F2N2O3S. The van der Waals surface area contributed by atoms with Gasteiger partial charge >= 0.3 is 0 Å². The third kappa shape index (κ3) is 5.93. The van der Waals surface area contributed by atoms with Gasteiger partial charge in [-0.1, -0.05) is 38.5 Å². The standard InChI is InChI=1S/C28H30F2N2O3S/c1-3-19(2)16-31(28(34)22-9-4-5-10-24(22)30)17-27(33)32-13-11-26-23(12-14-36-26)25(32)18-35-21-8-6-7-20(29)15-21/h4-10,12,14-15,19,25H,3,11,13,16-18H2,1-2H3. The molecule has 36 heavy (non-hydrogen) atoms. The van der Waals surface area contributed by atoms with Crippen LogP contribution in [0.25, 0.3) is 0 Å². The van der Waals surface area contributed by atoms with Gasteiger partial charge in [0.2, 0.25) is 5.91 Å². The molecule has 5 nitrogen and oxygen atoms in total. The minimum Gasteiger partial charge on any atom is -0.491 e. The molecule has 2 unspecified atom stereocenters. The Bertz CT molecular complexity index is 1210. The van der Waals surface area contributed by atoms with Crippen LogP contribution in [0.5, 0.6) is 5.75 Å². The predicted molar refractivity (Wildman–Crippen MR) is 136 cm³/mol. The van der Waals surface area contributed by atoms with Crippen LogP contribution in [0.15, 0.2) is 60.0 Å². The maximum absolute atomic E-state index is 14.4. The molecular weight excluding hydrogens is 482 g/mol. The number of ether oxygens (including phenoxy) is 1. The summed E-state index contributed by atoms with van der Waals surface area (Å²) in [5, 5.41) is 1.99. The van der Waals surface area contributed by atoms with Gasteiger partial charge in [-0.2, -0.15) is 0 Å². The number of hydrogen-bond acceptors (Lipinski definition) is 4. The van der Waals surface area contributed by atoms with Crippen LogP contribution in [-0.4, -0.2) is 47.9 Å². The topological polar surface area (TPSA) is 49.9 Å². The Hall–Kier alpha value is -3.26. The molecule has 0 saturated heterocycles. The lowest BCUT2D eigenvalue weighted by molar-refractivity contribution is -0.135. The number of rotatable bonds is 9. The van der Waals surface area contributed by atoms with Crippen molar-refractivity contribution in [2.75, 3.05) is 26.2 Å². The van der Waals surface area contributed by atoms with E-state index in [2.05, 4.69) is 0 Å². The zero-order valence-corrected chi connectivity index (χ0v) is 21.3. The fourth-order valence-corrected chi connectivity index (χ4v) is 5.32. The second kappa shape index (κ2) is 11.6. The van der Waals surface area contributed by atoms with Gasteiger partial charge in [0.25, 0.3) is 5.91 Å². The van der Waals surface area contributed by atoms with E-state index in [1.807, 2.05) is 25.3 Å². The van der Waals surface area contributed by atoms with E-state index >= 15 is 0 Å². The molecule has 1 aromatic heterocycles. The molecule has 8 heteroatoms. The van der Waals surface area contributed by atoms with Crippen molar-refractivity contribution < 1.29 is 23.1 Å². The second-order valence-electron chi connectivity index (χ2n) is 9.10. The average Bonchev–Trinajstić information content (AvgIpc) is 3.36. The van der Waals surface area contributed by atoms with E-state index in [9.17, 15) is 18.4 Å². The predicted octanol–water partition coefficient (Wildman–Crippen LogP) is 5.72. The fraction of sp³-hybridized carbons (Fsp3) is 0.357. The van der Waals surface area contributed by atoms with Crippen LogP contribution in [0, 0.1) is 17.6 Å². The Kier molecular flexibility index (Phi) is 8.36. The minimum absolute atomic E-state index is 0.0432. The Morgan fingerprint density at radius 1 is 1.17 bits per heavy atom. The van der Waals surface area contributed by atoms with Crippen LogP contribution in [0.4, 0.5) is 8.78 Å². The molecule has 2 heterocycles. The summed E-state index contributed by atoms with van der Waals surface area (Å²) in [6.45, 7) is 4.84. The molecule has 0 bridgehead atoms. The van der Waals surface area contributed by atoms with Crippen molar-refractivity contribution in [1.82, 2.24) is 9.80 Å². The van der Waals surface area contributed by atoms with Gasteiger partial charge in [-0.05, 0) is 53.6 Å². The minimum atomic E-state index is -0.605. The van der Waals surface area contributed by atoms with E-state index in [1.54, 1.807) is 34.4 Å². The second-order valence-corrected chi connectivity index (χ2v) is 10.1. The van der Waals surface area contributed by atoms with E-state index in [-0.39, 0.29) is 36.6 Å². The number of amides is 2. The number of thiophene rings is 1. The quantitative estimate of drug-likeness (QED) is 0.369. The molecule has 0 spiro atoms. The van der Waals surface area contributed by atoms with Crippen molar-refractivity contribution in [2.45, 2.75) is 32.7 Å². The molecule has 0 radical (unpaired) electrons. The van der Waals surface area contributed by atoms with Crippen molar-refractivity contribution in [3.05, 3.63) is 87.6 Å². The first-order chi connectivity index (χ1) is 17.4. The van der Waals surface area contributed by atoms with E-state index < -0.39 is 17.5 Å². The summed E-state index contributed by atoms with van der Waals surface area (Å²) in [4.78, 5) is 31.3. The van der Waals surface area contributed by atoms with Crippen LogP contribution < -0.4 is 4.74 Å². The zero-order valence-electron chi connectivity index (χ0n) is 20.5. The first-order valence-corrected chi connectivity index (χ1v) is 13.0. The number of carbonyl (C=O) groups is 2. The van der Waals surface area contributed by atoms with Gasteiger partial charge in [-0.25, -0.2) is 8.78 Å². The van der Waals surface area contributed by atoms with Gasteiger partial charge in [-0.3, -0.25) is 9.59 Å². The highest BCUT2D eigenvalue weighted by Crippen LogP contribution is 2.34. The van der Waals surface area contributed by atoms with Crippen LogP contribution in [0.1, 0.15) is 47.1 Å². The third-order valence-corrected chi connectivity index (χ3v) is 7.56. The van der Waals surface area contributed by atoms with Crippen LogP contribution in [0.3, 0.4) is 0 Å². The van der Waals surface area contributed by atoms with E-state index in [4.69, 9.17) is 4.74 Å². The van der Waals surface area contributed by atoms with Gasteiger partial charge in [0.15, 0.2) is 0 Å². The summed E-state index contributed by atoms with van der Waals surface area (Å²) in [5.74, 6) is -1.20. The number of hydrogen-bond donors (Lipinski definition) is 0. The molecule has 0 aliphatic carbocycles. The highest BCUT2D eigenvalue weighted by atomic mass is 32.1. The molecule has 0 fully saturated rings. The average molecular weight is 513 g/mol. The maximum atomic E-state index is 14.4. The van der Waals surface area contributed by atoms with Gasteiger partial charge in [0.1, 0.15) is 30.5 Å². The molecule has 2 amide bonds. The molecule has 4 rings (SSSR count). The smallest absolute Gasteiger partial charge is 0.257 e. The molecule has 0 saturated carbocycles. The highest BCUT2D eigenvalue weighted by molar-refractivity contribution is 7.10. The van der Waals surface area contributed by atoms with Gasteiger partial charge in [0.05, 0.1) is 11.6 Å². The molecule has 0 N–H and O–H groups in total. The summed E-state index contributed by atoms with van der Waals surface area (Å²) in [7, 11) is 0. The van der Waals surface area contributed by atoms with Crippen LogP contribution >= 0.6 is 11.3 Å².